The van der Waals surface area contributed by atoms with Gasteiger partial charge in [0, 0.05) is 12.8 Å². The summed E-state index contributed by atoms with van der Waals surface area (Å²) in [5, 5.41) is 4.45. The van der Waals surface area contributed by atoms with E-state index in [1.807, 2.05) is 0 Å². The van der Waals surface area contributed by atoms with Crippen molar-refractivity contribution in [2.45, 2.75) is 25.8 Å². The van der Waals surface area contributed by atoms with Gasteiger partial charge in [0.1, 0.15) is 16.1 Å². The highest BCUT2D eigenvalue weighted by atomic mass is 32.2. The molecule has 3 rings (SSSR count). The van der Waals surface area contributed by atoms with Crippen molar-refractivity contribution in [3.8, 4) is 0 Å². The molecule has 1 aliphatic heterocycles. The van der Waals surface area contributed by atoms with Gasteiger partial charge in [-0.2, -0.15) is 0 Å². The molecule has 0 saturated carbocycles. The molecule has 1 unspecified atom stereocenters. The molecule has 110 valence electrons. The molecular formula is C15H17N3OS2. The normalized spacial score (nSPS) is 18.3. The third-order valence-electron chi connectivity index (χ3n) is 3.46. The topological polar surface area (TPSA) is 54.4 Å². The Labute approximate surface area is 132 Å². The molecule has 1 aromatic carbocycles. The van der Waals surface area contributed by atoms with E-state index in [4.69, 9.17) is 0 Å². The molecule has 0 aliphatic carbocycles. The number of rotatable bonds is 3. The summed E-state index contributed by atoms with van der Waals surface area (Å²) in [4.78, 5) is 20.8. The Morgan fingerprint density at radius 3 is 2.95 bits per heavy atom. The predicted octanol–water partition coefficient (Wildman–Crippen LogP) is 3.03. The Morgan fingerprint density at radius 1 is 1.43 bits per heavy atom. The second-order valence-electron chi connectivity index (χ2n) is 5.28. The molecule has 1 aliphatic rings. The first kappa shape index (κ1) is 14.5. The van der Waals surface area contributed by atoms with Crippen LogP contribution in [0.5, 0.6) is 0 Å². The molecule has 0 saturated heterocycles. The van der Waals surface area contributed by atoms with E-state index >= 15 is 0 Å². The van der Waals surface area contributed by atoms with Crippen LogP contribution in [0.15, 0.2) is 23.2 Å². The van der Waals surface area contributed by atoms with Gasteiger partial charge in [0.05, 0.1) is 10.2 Å². The number of amides is 1. The van der Waals surface area contributed by atoms with E-state index in [0.717, 1.165) is 15.6 Å². The number of aliphatic imine (C=N–C) groups is 1. The second-order valence-corrected chi connectivity index (χ2v) is 7.32. The zero-order chi connectivity index (χ0) is 15.0. The van der Waals surface area contributed by atoms with Crippen molar-refractivity contribution in [2.75, 3.05) is 12.8 Å². The van der Waals surface area contributed by atoms with Gasteiger partial charge in [-0.1, -0.05) is 19.9 Å². The zero-order valence-corrected chi connectivity index (χ0v) is 13.8. The summed E-state index contributed by atoms with van der Waals surface area (Å²) in [6, 6.07) is 6.12. The van der Waals surface area contributed by atoms with Crippen molar-refractivity contribution >= 4 is 44.3 Å². The first-order valence-corrected chi connectivity index (χ1v) is 8.71. The van der Waals surface area contributed by atoms with Gasteiger partial charge in [-0.25, -0.2) is 4.98 Å². The third kappa shape index (κ3) is 2.82. The maximum absolute atomic E-state index is 11.6. The highest BCUT2D eigenvalue weighted by Crippen LogP contribution is 2.31. The number of carbonyl (C=O) groups is 1. The Balaban J connectivity index is 1.93. The summed E-state index contributed by atoms with van der Waals surface area (Å²) in [5.41, 5.74) is 2.33. The number of fused-ring (bicyclic) bond motifs is 1. The Hall–Kier alpha value is -1.40. The summed E-state index contributed by atoms with van der Waals surface area (Å²) in [6.45, 7) is 4.38. The molecular weight excluding hydrogens is 302 g/mol. The quantitative estimate of drug-likeness (QED) is 0.946. The average Bonchev–Trinajstić information content (AvgIpc) is 3.11. The zero-order valence-electron chi connectivity index (χ0n) is 12.2. The van der Waals surface area contributed by atoms with E-state index < -0.39 is 0 Å². The minimum Gasteiger partial charge on any atom is -0.357 e. The van der Waals surface area contributed by atoms with Gasteiger partial charge in [0.15, 0.2) is 0 Å². The van der Waals surface area contributed by atoms with E-state index in [9.17, 15) is 4.79 Å². The fourth-order valence-electron chi connectivity index (χ4n) is 2.18. The van der Waals surface area contributed by atoms with Crippen molar-refractivity contribution < 1.29 is 4.79 Å². The van der Waals surface area contributed by atoms with Crippen LogP contribution in [-0.4, -0.2) is 34.8 Å². The Bertz CT molecular complexity index is 721. The summed E-state index contributed by atoms with van der Waals surface area (Å²) < 4.78 is 1.18. The second kappa shape index (κ2) is 5.77. The molecule has 1 aromatic heterocycles. The van der Waals surface area contributed by atoms with Crippen LogP contribution in [0.25, 0.3) is 10.2 Å². The number of thioether (sulfide) groups is 1. The van der Waals surface area contributed by atoms with E-state index in [1.165, 1.54) is 10.3 Å². The lowest BCUT2D eigenvalue weighted by molar-refractivity contribution is -0.121. The van der Waals surface area contributed by atoms with Crippen molar-refractivity contribution in [2.24, 2.45) is 4.99 Å². The Morgan fingerprint density at radius 2 is 2.24 bits per heavy atom. The van der Waals surface area contributed by atoms with Crippen LogP contribution in [-0.2, 0) is 4.79 Å². The van der Waals surface area contributed by atoms with E-state index in [2.05, 4.69) is 47.3 Å². The van der Waals surface area contributed by atoms with E-state index in [-0.39, 0.29) is 11.9 Å². The van der Waals surface area contributed by atoms with Gasteiger partial charge in [-0.3, -0.25) is 9.79 Å². The lowest BCUT2D eigenvalue weighted by Crippen LogP contribution is -2.30. The number of nitrogens with zero attached hydrogens (tertiary/aromatic N) is 2. The summed E-state index contributed by atoms with van der Waals surface area (Å²) in [5.74, 6) is 1.18. The molecule has 1 N–H and O–H groups in total. The van der Waals surface area contributed by atoms with Crippen molar-refractivity contribution in [3.63, 3.8) is 0 Å². The predicted molar refractivity (Wildman–Crippen MR) is 90.6 cm³/mol. The van der Waals surface area contributed by atoms with Crippen molar-refractivity contribution in [3.05, 3.63) is 28.8 Å². The van der Waals surface area contributed by atoms with E-state index in [0.29, 0.717) is 11.7 Å². The van der Waals surface area contributed by atoms with Gasteiger partial charge in [0.25, 0.3) is 0 Å². The monoisotopic (exact) mass is 319 g/mol. The number of benzene rings is 1. The third-order valence-corrected chi connectivity index (χ3v) is 5.67. The highest BCUT2D eigenvalue weighted by Gasteiger charge is 2.26. The molecule has 2 aromatic rings. The minimum atomic E-state index is -0.284. The maximum atomic E-state index is 11.6. The lowest BCUT2D eigenvalue weighted by Gasteiger charge is -2.03. The number of nitrogens with one attached hydrogen (secondary N) is 1. The van der Waals surface area contributed by atoms with Gasteiger partial charge in [-0.05, 0) is 23.6 Å². The van der Waals surface area contributed by atoms with Crippen LogP contribution in [0, 0.1) is 0 Å². The molecule has 4 nitrogen and oxygen atoms in total. The molecule has 2 heterocycles. The van der Waals surface area contributed by atoms with E-state index in [1.54, 1.807) is 30.1 Å². The summed E-state index contributed by atoms with van der Waals surface area (Å²) in [7, 11) is 1.64. The molecule has 1 atom stereocenters. The van der Waals surface area contributed by atoms with Crippen LogP contribution < -0.4 is 5.32 Å². The summed E-state index contributed by atoms with van der Waals surface area (Å²) in [6.07, 6.45) is 0. The van der Waals surface area contributed by atoms with Crippen LogP contribution in [0.4, 0.5) is 0 Å². The standard InChI is InChI=1S/C15H17N3OS2/c1-8(2)9-4-5-10-12(6-9)21-15(17-10)14-18-11(7-20-14)13(19)16-3/h4-6,8,11H,7H2,1-3H3,(H,16,19). The summed E-state index contributed by atoms with van der Waals surface area (Å²) >= 11 is 3.26. The number of hydrogen-bond donors (Lipinski definition) is 1. The number of likely N-dealkylation sites (N-methyl/N-ethyl adjacent to an activating group) is 1. The maximum Gasteiger partial charge on any atom is 0.245 e. The number of hydrogen-bond acceptors (Lipinski definition) is 5. The molecule has 1 amide bonds. The SMILES string of the molecule is CNC(=O)C1CSC(c2nc3ccc(C(C)C)cc3s2)=N1. The van der Waals surface area contributed by atoms with Gasteiger partial charge in [-0.15, -0.1) is 23.1 Å². The fraction of sp³-hybridized carbons (Fsp3) is 0.400. The minimum absolute atomic E-state index is 0.0271. The molecule has 21 heavy (non-hydrogen) atoms. The molecule has 0 fully saturated rings. The fourth-order valence-corrected chi connectivity index (χ4v) is 4.30. The van der Waals surface area contributed by atoms with Crippen molar-refractivity contribution in [1.29, 1.82) is 0 Å². The molecule has 0 bridgehead atoms. The highest BCUT2D eigenvalue weighted by molar-refractivity contribution is 8.15. The van der Waals surface area contributed by atoms with Gasteiger partial charge in [0.2, 0.25) is 5.91 Å². The molecule has 0 radical (unpaired) electrons. The van der Waals surface area contributed by atoms with Crippen LogP contribution in [0.1, 0.15) is 30.3 Å². The van der Waals surface area contributed by atoms with Crippen molar-refractivity contribution in [1.82, 2.24) is 10.3 Å². The molecule has 0 spiro atoms. The van der Waals surface area contributed by atoms with Gasteiger partial charge >= 0.3 is 0 Å². The number of thiazole rings is 1. The average molecular weight is 319 g/mol. The lowest BCUT2D eigenvalue weighted by atomic mass is 10.0. The van der Waals surface area contributed by atoms with Gasteiger partial charge < -0.3 is 5.32 Å². The smallest absolute Gasteiger partial charge is 0.245 e. The Kier molecular flexibility index (Phi) is 3.99. The van der Waals surface area contributed by atoms with Crippen LogP contribution in [0.3, 0.4) is 0 Å². The number of carbonyl (C=O) groups excluding carboxylic acids is 1. The molecule has 6 heteroatoms. The number of aromatic nitrogens is 1. The largest absolute Gasteiger partial charge is 0.357 e. The first-order valence-electron chi connectivity index (χ1n) is 6.91. The first-order chi connectivity index (χ1) is 10.1. The van der Waals surface area contributed by atoms with Crippen LogP contribution in [0.2, 0.25) is 0 Å². The van der Waals surface area contributed by atoms with Crippen LogP contribution >= 0.6 is 23.1 Å².